The normalized spacial score (nSPS) is 12.4. The van der Waals surface area contributed by atoms with Crippen LogP contribution >= 0.6 is 0 Å². The number of benzene rings is 23. The number of para-hydroxylation sites is 7. The molecule has 0 saturated heterocycles. The van der Waals surface area contributed by atoms with Gasteiger partial charge in [-0.1, -0.05) is 340 Å². The molecule has 0 bridgehead atoms. The molecule has 0 fully saturated rings. The second-order valence-corrected chi connectivity index (χ2v) is 37.4. The number of rotatable bonds is 12. The predicted molar refractivity (Wildman–Crippen MR) is 617 cm³/mol. The van der Waals surface area contributed by atoms with Crippen molar-refractivity contribution in [3.63, 3.8) is 0 Å². The molecule has 0 N–H and O–H groups in total. The maximum absolute atomic E-state index is 10.5. The summed E-state index contributed by atoms with van der Waals surface area (Å²) >= 11 is 0. The quantitative estimate of drug-likeness (QED) is 0.116. The first-order valence-corrected chi connectivity index (χ1v) is 49.6. The summed E-state index contributed by atoms with van der Waals surface area (Å²) in [5.41, 5.74) is 24.2. The molecule has 7 heterocycles. The number of aromatic nitrogens is 9. The summed E-state index contributed by atoms with van der Waals surface area (Å²) in [4.78, 5) is 30.8. The van der Waals surface area contributed by atoms with Crippen LogP contribution in [0.25, 0.3) is 282 Å². The van der Waals surface area contributed by atoms with Crippen LogP contribution in [0.1, 0.15) is 23.5 Å². The van der Waals surface area contributed by atoms with Gasteiger partial charge in [0.15, 0.2) is 11.6 Å². The molecule has 0 aliphatic heterocycles. The molecule has 7 aromatic heterocycles. The smallest absolute Gasteiger partial charge is 0.161 e. The molecule has 0 amide bonds. The Morgan fingerprint density at radius 2 is 0.687 bits per heavy atom. The van der Waals surface area contributed by atoms with Gasteiger partial charge < -0.3 is 18.1 Å². The highest BCUT2D eigenvalue weighted by Gasteiger charge is 2.27. The zero-order chi connectivity index (χ0) is 107. The molecule has 0 unspecified atom stereocenters. The van der Waals surface area contributed by atoms with Gasteiger partial charge in [-0.3, -0.25) is 0 Å². The molecule has 0 aliphatic carbocycles. The van der Waals surface area contributed by atoms with E-state index in [1.165, 1.54) is 43.5 Å². The Hall–Kier alpha value is -20.7. The van der Waals surface area contributed by atoms with Gasteiger partial charge in [0.1, 0.15) is 22.9 Å². The van der Waals surface area contributed by atoms with Crippen molar-refractivity contribution < 1.29 is 16.8 Å². The lowest BCUT2D eigenvalue weighted by Crippen LogP contribution is -2.00. The predicted octanol–water partition coefficient (Wildman–Crippen LogP) is 35.4. The molecule has 23 aromatic carbocycles. The molecule has 0 radical (unpaired) electrons. The van der Waals surface area contributed by atoms with Crippen LogP contribution < -0.4 is 0 Å². The van der Waals surface area contributed by atoms with Gasteiger partial charge >= 0.3 is 0 Å². The number of nitrogens with zero attached hydrogens (tertiary/aromatic N) is 11. The van der Waals surface area contributed by atoms with E-state index in [1.54, 1.807) is 28.8 Å². The van der Waals surface area contributed by atoms with Crippen molar-refractivity contribution in [3.8, 4) is 130 Å². The lowest BCUT2D eigenvalue weighted by atomic mass is 9.91. The van der Waals surface area contributed by atoms with E-state index in [0.717, 1.165) is 177 Å². The fraction of sp³-hybridized carbons (Fsp3) is 0. The molecule has 30 rings (SSSR count). The first-order chi connectivity index (χ1) is 78.0. The molecule has 0 saturated carbocycles. The van der Waals surface area contributed by atoms with Gasteiger partial charge in [0, 0.05) is 98.3 Å². The highest BCUT2D eigenvalue weighted by molar-refractivity contribution is 6.19. The van der Waals surface area contributed by atoms with E-state index >= 15 is 0 Å². The highest BCUT2D eigenvalue weighted by atomic mass is 16.3. The summed E-state index contributed by atoms with van der Waals surface area (Å²) in [6, 6.07) is 152. The van der Waals surface area contributed by atoms with Gasteiger partial charge in [-0.05, 0) is 235 Å². The third-order valence-corrected chi connectivity index (χ3v) is 28.8. The maximum atomic E-state index is 10.5. The second kappa shape index (κ2) is 36.3. The van der Waals surface area contributed by atoms with E-state index in [-0.39, 0.29) is 45.9 Å². The molecule has 696 valence electrons. The Bertz CT molecular complexity index is 11400. The lowest BCUT2D eigenvalue weighted by molar-refractivity contribution is 0.670. The molecule has 0 spiro atoms. The van der Waals surface area contributed by atoms with Crippen LogP contribution in [0.15, 0.2) is 508 Å². The van der Waals surface area contributed by atoms with Crippen molar-refractivity contribution in [1.82, 2.24) is 43.6 Å². The average Bonchev–Trinajstić information content (AvgIpc) is 1.58. The van der Waals surface area contributed by atoms with Crippen molar-refractivity contribution in [3.05, 3.63) is 514 Å². The lowest BCUT2D eigenvalue weighted by Gasteiger charge is -2.16. The Morgan fingerprint density at radius 1 is 0.220 bits per heavy atom. The van der Waals surface area contributed by atoms with Crippen LogP contribution in [0.2, 0.25) is 0 Å². The van der Waals surface area contributed by atoms with Crippen molar-refractivity contribution in [2.24, 2.45) is 0 Å². The fourth-order valence-corrected chi connectivity index (χ4v) is 21.8. The number of hydrogen-bond acceptors (Lipinski definition) is 9. The minimum absolute atomic E-state index is 0.0347. The first kappa shape index (κ1) is 77.9. The van der Waals surface area contributed by atoms with Gasteiger partial charge in [-0.2, -0.15) is 10.5 Å². The monoisotopic (exact) mass is 1920 g/mol. The van der Waals surface area contributed by atoms with Gasteiger partial charge in [0.25, 0.3) is 0 Å². The summed E-state index contributed by atoms with van der Waals surface area (Å²) < 4.78 is 94.4. The van der Waals surface area contributed by atoms with Gasteiger partial charge in [-0.15, -0.1) is 0 Å². The number of fused-ring (bicyclic) bond motifs is 19. The van der Waals surface area contributed by atoms with Crippen LogP contribution in [-0.2, 0) is 0 Å². The summed E-state index contributed by atoms with van der Waals surface area (Å²) in [7, 11) is 0. The maximum Gasteiger partial charge on any atom is 0.161 e. The molecule has 12 heteroatoms. The summed E-state index contributed by atoms with van der Waals surface area (Å²) in [5, 5.41) is 39.0. The van der Waals surface area contributed by atoms with Crippen LogP contribution in [0.5, 0.6) is 0 Å². The largest absolute Gasteiger partial charge is 0.455 e. The van der Waals surface area contributed by atoms with Crippen molar-refractivity contribution in [1.29, 1.82) is 10.5 Å². The van der Waals surface area contributed by atoms with E-state index < -0.39 is 42.3 Å². The van der Waals surface area contributed by atoms with Crippen molar-refractivity contribution in [2.75, 3.05) is 0 Å². The molecule has 150 heavy (non-hydrogen) atoms. The highest BCUT2D eigenvalue weighted by Crippen LogP contribution is 2.48. The Balaban J connectivity index is 0.000000114. The Kier molecular flexibility index (Phi) is 18.9. The molecular weight excluding hydrogens is 1830 g/mol. The Labute approximate surface area is 873 Å². The summed E-state index contributed by atoms with van der Waals surface area (Å²) in [5.74, 6) is 0.490. The first-order valence-electron chi connectivity index (χ1n) is 54.1. The Morgan fingerprint density at radius 3 is 1.30 bits per heavy atom. The van der Waals surface area contributed by atoms with Crippen LogP contribution in [0.3, 0.4) is 0 Å². The van der Waals surface area contributed by atoms with E-state index in [9.17, 15) is 16.0 Å². The topological polar surface area (TPSA) is 153 Å². The third kappa shape index (κ3) is 15.1. The van der Waals surface area contributed by atoms with Crippen molar-refractivity contribution in [2.45, 2.75) is 0 Å². The summed E-state index contributed by atoms with van der Waals surface area (Å²) in [6.45, 7) is 0. The van der Waals surface area contributed by atoms with E-state index in [0.29, 0.717) is 38.7 Å². The van der Waals surface area contributed by atoms with Crippen molar-refractivity contribution >= 4 is 163 Å². The van der Waals surface area contributed by atoms with E-state index in [2.05, 4.69) is 270 Å². The number of nitriles is 2. The molecule has 0 aliphatic rings. The van der Waals surface area contributed by atoms with E-state index in [1.807, 2.05) is 176 Å². The van der Waals surface area contributed by atoms with Crippen LogP contribution in [0, 0.1) is 22.7 Å². The average molecular weight is 1920 g/mol. The standard InChI is InChI=1S/C49H30N4.C46H29N3.C43H24N4O/c50-31-32-19-21-34(22-20-32)42-30-45-44(29-41(42)33-11-3-1-4-12-33)48(35-13-5-2-6-14-35)52-49(51-45)36-23-25-39(26-24-36)53-46-18-10-9-17-40(46)43-27-37-15-7-8-16-38(37)28-47(43)53;1-3-13-30(14-4-1)34-23-25-41-40(28-34)45(31-15-5-2-6-16-31)48-46(47-41)38-24-26-43(36-20-10-9-19-35(36)38)49-42-22-12-11-21-37(42)39-27-32-17-7-8-18-33(32)29-44(39)49;44-25-29-21-20-28(24-38(29)47-37-18-7-3-12-30(37)34-22-26-10-1-2-11-27(26)23-39(34)47)41-42(46-36-17-6-5-16-35(36)45-41)33-15-9-14-32-31-13-4-8-19-40(31)48-43(32)33/h1-30H;1-29H;1-24H/i2D,5D,6D,13D,14D,23D,24D,25D,26D;;. The second-order valence-electron chi connectivity index (χ2n) is 37.4. The van der Waals surface area contributed by atoms with Gasteiger partial charge in [0.05, 0.1) is 113 Å². The third-order valence-electron chi connectivity index (χ3n) is 28.8. The zero-order valence-corrected chi connectivity index (χ0v) is 80.1. The van der Waals surface area contributed by atoms with Crippen LogP contribution in [0.4, 0.5) is 0 Å². The van der Waals surface area contributed by atoms with E-state index in [4.69, 9.17) is 41.2 Å². The molecule has 30 aromatic rings. The minimum atomic E-state index is -0.580. The fourth-order valence-electron chi connectivity index (χ4n) is 21.8. The van der Waals surface area contributed by atoms with Crippen LogP contribution in [-0.4, -0.2) is 43.6 Å². The van der Waals surface area contributed by atoms with Gasteiger partial charge in [0.2, 0.25) is 0 Å². The molecule has 0 atom stereocenters. The number of furan rings is 1. The minimum Gasteiger partial charge on any atom is -0.455 e. The zero-order valence-electron chi connectivity index (χ0n) is 89.1. The number of hydrogen-bond donors (Lipinski definition) is 0. The molecular formula is C138H83N11O. The van der Waals surface area contributed by atoms with Gasteiger partial charge in [-0.25, -0.2) is 29.9 Å². The molecule has 12 nitrogen and oxygen atoms in total. The summed E-state index contributed by atoms with van der Waals surface area (Å²) in [6.07, 6.45) is 0. The SMILES string of the molecule is N#Cc1ccc(-c2nc3ccccc3nc2-c2cccc3c2oc2ccccc23)cc1-n1c2ccccc2c2cc3ccccc3cc21.[2H]c1c([2H])c([2H])c(-c2nc(-c3c([2H])c([2H])c(-n4c5ccccc5c5cc6ccccc6cc54)c([2H])c3[2H])nc3cc(-c4ccc(C#N)cc4)c(-c4ccccc4)cc23)c([2H])c1[2H].c1ccc(-c2ccc3nc(-c4ccc(-n5c6ccccc6c6cc7ccccc7cc65)c5ccccc45)nc(-c4ccccc4)c3c2)cc1.